The monoisotopic (exact) mass is 293 g/mol. The molecule has 106 valence electrons. The predicted molar refractivity (Wildman–Crippen MR) is 79.6 cm³/mol. The maximum atomic E-state index is 13.6. The molecule has 2 rings (SSSR count). The number of carbonyl (C=O) groups excluding carboxylic acids is 1. The minimum atomic E-state index is -0.643. The fraction of sp³-hybridized carbons (Fsp3) is 0.286. The molecule has 0 bridgehead atoms. The second-order valence-corrected chi connectivity index (χ2v) is 6.34. The zero-order chi connectivity index (χ0) is 14.9. The highest BCUT2D eigenvalue weighted by Gasteiger charge is 2.19. The Morgan fingerprint density at radius 2 is 2.10 bits per heavy atom. The number of nitrogens with two attached hydrogens (primary N) is 1. The van der Waals surface area contributed by atoms with Crippen molar-refractivity contribution in [3.05, 3.63) is 40.7 Å². The Labute approximate surface area is 120 Å². The predicted octanol–water partition coefficient (Wildman–Crippen LogP) is 3.41. The van der Waals surface area contributed by atoms with Crippen LogP contribution in [0.15, 0.2) is 23.6 Å². The first-order chi connectivity index (χ1) is 9.27. The van der Waals surface area contributed by atoms with Gasteiger partial charge in [0.2, 0.25) is 0 Å². The van der Waals surface area contributed by atoms with E-state index in [0.29, 0.717) is 5.13 Å². The highest BCUT2D eigenvalue weighted by molar-refractivity contribution is 7.14. The highest BCUT2D eigenvalue weighted by atomic mass is 32.1. The molecular formula is C14H16FN3OS. The molecule has 0 aliphatic heterocycles. The minimum absolute atomic E-state index is 0.0493. The summed E-state index contributed by atoms with van der Waals surface area (Å²) in [6.07, 6.45) is 0. The van der Waals surface area contributed by atoms with Gasteiger partial charge >= 0.3 is 0 Å². The standard InChI is InChI=1S/C14H16FN3OS/c1-14(2,3)11-7-20-13(17-11)18-12(19)9-5-4-8(16)6-10(9)15/h4-7H,16H2,1-3H3,(H,17,18,19). The lowest BCUT2D eigenvalue weighted by molar-refractivity contribution is 0.102. The first kappa shape index (κ1) is 14.5. The summed E-state index contributed by atoms with van der Waals surface area (Å²) >= 11 is 1.32. The third-order valence-corrected chi connectivity index (χ3v) is 3.49. The van der Waals surface area contributed by atoms with Gasteiger partial charge in [-0.1, -0.05) is 20.8 Å². The summed E-state index contributed by atoms with van der Waals surface area (Å²) in [5, 5.41) is 4.94. The number of nitrogens with zero attached hydrogens (tertiary/aromatic N) is 1. The lowest BCUT2D eigenvalue weighted by atomic mass is 9.93. The molecule has 1 aromatic carbocycles. The number of anilines is 2. The molecular weight excluding hydrogens is 277 g/mol. The molecule has 0 fully saturated rings. The van der Waals surface area contributed by atoms with E-state index < -0.39 is 11.7 Å². The molecule has 0 aliphatic carbocycles. The van der Waals surface area contributed by atoms with Crippen molar-refractivity contribution in [1.29, 1.82) is 0 Å². The minimum Gasteiger partial charge on any atom is -0.399 e. The highest BCUT2D eigenvalue weighted by Crippen LogP contribution is 2.26. The molecule has 6 heteroatoms. The van der Waals surface area contributed by atoms with Gasteiger partial charge in [-0.25, -0.2) is 9.37 Å². The van der Waals surface area contributed by atoms with Crippen molar-refractivity contribution in [2.75, 3.05) is 11.1 Å². The molecule has 0 saturated carbocycles. The van der Waals surface area contributed by atoms with E-state index in [4.69, 9.17) is 5.73 Å². The van der Waals surface area contributed by atoms with E-state index >= 15 is 0 Å². The quantitative estimate of drug-likeness (QED) is 0.834. The van der Waals surface area contributed by atoms with Gasteiger partial charge in [-0.05, 0) is 18.2 Å². The van der Waals surface area contributed by atoms with Crippen LogP contribution >= 0.6 is 11.3 Å². The van der Waals surface area contributed by atoms with Gasteiger partial charge in [0, 0.05) is 16.5 Å². The summed E-state index contributed by atoms with van der Waals surface area (Å²) in [6.45, 7) is 6.11. The molecule has 4 nitrogen and oxygen atoms in total. The first-order valence-electron chi connectivity index (χ1n) is 6.10. The van der Waals surface area contributed by atoms with E-state index in [1.165, 1.54) is 23.5 Å². The largest absolute Gasteiger partial charge is 0.399 e. The molecule has 0 radical (unpaired) electrons. The van der Waals surface area contributed by atoms with Gasteiger partial charge in [-0.3, -0.25) is 10.1 Å². The van der Waals surface area contributed by atoms with Crippen molar-refractivity contribution in [3.63, 3.8) is 0 Å². The number of carbonyl (C=O) groups is 1. The summed E-state index contributed by atoms with van der Waals surface area (Å²) < 4.78 is 13.6. The average Bonchev–Trinajstić information content (AvgIpc) is 2.76. The fourth-order valence-electron chi connectivity index (χ4n) is 1.56. The molecule has 20 heavy (non-hydrogen) atoms. The zero-order valence-electron chi connectivity index (χ0n) is 11.5. The number of benzene rings is 1. The molecule has 1 aromatic heterocycles. The third-order valence-electron chi connectivity index (χ3n) is 2.73. The lowest BCUT2D eigenvalue weighted by Crippen LogP contribution is -2.15. The number of halogens is 1. The van der Waals surface area contributed by atoms with Crippen LogP contribution < -0.4 is 11.1 Å². The summed E-state index contributed by atoms with van der Waals surface area (Å²) in [5.74, 6) is -1.17. The third kappa shape index (κ3) is 3.14. The Bertz CT molecular complexity index is 646. The molecule has 0 aliphatic rings. The van der Waals surface area contributed by atoms with Crippen LogP contribution in [0.4, 0.5) is 15.2 Å². The van der Waals surface area contributed by atoms with E-state index in [9.17, 15) is 9.18 Å². The van der Waals surface area contributed by atoms with Gasteiger partial charge in [0.25, 0.3) is 5.91 Å². The van der Waals surface area contributed by atoms with Crippen LogP contribution in [-0.2, 0) is 5.41 Å². The van der Waals surface area contributed by atoms with Gasteiger partial charge in [-0.2, -0.15) is 0 Å². The van der Waals surface area contributed by atoms with Crippen LogP contribution in [0.25, 0.3) is 0 Å². The molecule has 2 aromatic rings. The van der Waals surface area contributed by atoms with Crippen molar-refractivity contribution in [3.8, 4) is 0 Å². The summed E-state index contributed by atoms with van der Waals surface area (Å²) in [4.78, 5) is 16.3. The topological polar surface area (TPSA) is 68.0 Å². The second kappa shape index (κ2) is 5.20. The van der Waals surface area contributed by atoms with E-state index in [0.717, 1.165) is 11.8 Å². The van der Waals surface area contributed by atoms with Crippen LogP contribution in [0.2, 0.25) is 0 Å². The molecule has 1 amide bonds. The van der Waals surface area contributed by atoms with Gasteiger partial charge in [-0.15, -0.1) is 11.3 Å². The SMILES string of the molecule is CC(C)(C)c1csc(NC(=O)c2ccc(N)cc2F)n1. The Hall–Kier alpha value is -1.95. The second-order valence-electron chi connectivity index (χ2n) is 5.48. The number of nitrogen functional groups attached to an aromatic ring is 1. The lowest BCUT2D eigenvalue weighted by Gasteiger charge is -2.14. The normalized spacial score (nSPS) is 11.4. The van der Waals surface area contributed by atoms with Crippen LogP contribution in [0, 0.1) is 5.82 Å². The number of rotatable bonds is 2. The maximum Gasteiger partial charge on any atom is 0.260 e. The van der Waals surface area contributed by atoms with Gasteiger partial charge in [0.05, 0.1) is 11.3 Å². The zero-order valence-corrected chi connectivity index (χ0v) is 12.3. The van der Waals surface area contributed by atoms with Crippen molar-refractivity contribution in [1.82, 2.24) is 4.98 Å². The number of amides is 1. The summed E-state index contributed by atoms with van der Waals surface area (Å²) in [7, 11) is 0. The van der Waals surface area contributed by atoms with Crippen molar-refractivity contribution in [2.24, 2.45) is 0 Å². The van der Waals surface area contributed by atoms with Gasteiger partial charge in [0.1, 0.15) is 5.82 Å². The number of hydrogen-bond donors (Lipinski definition) is 2. The molecule has 1 heterocycles. The molecule has 3 N–H and O–H groups in total. The van der Waals surface area contributed by atoms with E-state index in [2.05, 4.69) is 10.3 Å². The maximum absolute atomic E-state index is 13.6. The van der Waals surface area contributed by atoms with Crippen molar-refractivity contribution in [2.45, 2.75) is 26.2 Å². The molecule has 0 saturated heterocycles. The van der Waals surface area contributed by atoms with Crippen molar-refractivity contribution >= 4 is 28.1 Å². The summed E-state index contributed by atoms with van der Waals surface area (Å²) in [5.41, 5.74) is 6.47. The van der Waals surface area contributed by atoms with E-state index in [1.807, 2.05) is 26.2 Å². The number of nitrogens with one attached hydrogen (secondary N) is 1. The Morgan fingerprint density at radius 1 is 1.40 bits per heavy atom. The van der Waals surface area contributed by atoms with Crippen LogP contribution in [0.5, 0.6) is 0 Å². The van der Waals surface area contributed by atoms with E-state index in [1.54, 1.807) is 0 Å². The van der Waals surface area contributed by atoms with E-state index in [-0.39, 0.29) is 16.7 Å². The number of hydrogen-bond acceptors (Lipinski definition) is 4. The molecule has 0 atom stereocenters. The Kier molecular flexibility index (Phi) is 3.76. The van der Waals surface area contributed by atoms with Gasteiger partial charge in [0.15, 0.2) is 5.13 Å². The van der Waals surface area contributed by atoms with Crippen LogP contribution in [-0.4, -0.2) is 10.9 Å². The molecule has 0 unspecified atom stereocenters. The van der Waals surface area contributed by atoms with Crippen LogP contribution in [0.1, 0.15) is 36.8 Å². The first-order valence-corrected chi connectivity index (χ1v) is 6.98. The Balaban J connectivity index is 2.17. The van der Waals surface area contributed by atoms with Crippen LogP contribution in [0.3, 0.4) is 0 Å². The molecule has 0 spiro atoms. The van der Waals surface area contributed by atoms with Gasteiger partial charge < -0.3 is 5.73 Å². The fourth-order valence-corrected chi connectivity index (χ4v) is 2.49. The summed E-state index contributed by atoms with van der Waals surface area (Å²) in [6, 6.07) is 3.97. The number of thiazole rings is 1. The average molecular weight is 293 g/mol. The smallest absolute Gasteiger partial charge is 0.260 e. The number of aromatic nitrogens is 1. The van der Waals surface area contributed by atoms with Crippen molar-refractivity contribution < 1.29 is 9.18 Å². The Morgan fingerprint density at radius 3 is 2.65 bits per heavy atom.